The molecule has 1 aliphatic carbocycles. The van der Waals surface area contributed by atoms with E-state index in [9.17, 15) is 10.1 Å². The lowest BCUT2D eigenvalue weighted by atomic mass is 10.0. The lowest BCUT2D eigenvalue weighted by Gasteiger charge is -2.11. The zero-order valence-electron chi connectivity index (χ0n) is 17.5. The maximum absolute atomic E-state index is 10.6. The fourth-order valence-electron chi connectivity index (χ4n) is 3.53. The molecule has 1 heterocycles. The first-order valence-electron chi connectivity index (χ1n) is 10.0. The summed E-state index contributed by atoms with van der Waals surface area (Å²) < 4.78 is 11.1. The molecule has 0 bridgehead atoms. The van der Waals surface area contributed by atoms with Gasteiger partial charge in [0.15, 0.2) is 0 Å². The van der Waals surface area contributed by atoms with Gasteiger partial charge in [0.05, 0.1) is 17.4 Å². The Morgan fingerprint density at radius 2 is 2.09 bits per heavy atom. The van der Waals surface area contributed by atoms with Crippen LogP contribution in [0.1, 0.15) is 37.0 Å². The van der Waals surface area contributed by atoms with Crippen LogP contribution in [0.25, 0.3) is 22.8 Å². The summed E-state index contributed by atoms with van der Waals surface area (Å²) in [5.74, 6) is 0.139. The number of nitriles is 1. The Balaban J connectivity index is 1.62. The third-order valence-electron chi connectivity index (χ3n) is 4.84. The van der Waals surface area contributed by atoms with Crippen molar-refractivity contribution in [1.82, 2.24) is 10.1 Å². The Morgan fingerprint density at radius 1 is 1.28 bits per heavy atom. The quantitative estimate of drug-likeness (QED) is 0.558. The van der Waals surface area contributed by atoms with Gasteiger partial charge in [-0.3, -0.25) is 0 Å². The molecule has 1 N–H and O–H groups in total. The van der Waals surface area contributed by atoms with E-state index < -0.39 is 12.6 Å². The number of oxime groups is 1. The second-order valence-electron chi connectivity index (χ2n) is 7.45. The molecule has 3 aromatic rings. The Bertz CT molecular complexity index is 1240. The average Bonchev–Trinajstić information content (AvgIpc) is 3.41. The van der Waals surface area contributed by atoms with Crippen LogP contribution in [0.4, 0.5) is 0 Å². The number of nitrogens with zero attached hydrogens (tertiary/aromatic N) is 4. The maximum Gasteiger partial charge on any atom is 0.344 e. The van der Waals surface area contributed by atoms with E-state index in [2.05, 4.69) is 21.4 Å². The highest BCUT2D eigenvalue weighted by Crippen LogP contribution is 2.33. The number of carboxylic acid groups (broad SMARTS) is 1. The minimum absolute atomic E-state index is 0.0499. The van der Waals surface area contributed by atoms with Gasteiger partial charge in [-0.2, -0.15) is 10.2 Å². The largest absolute Gasteiger partial charge is 0.490 e. The molecule has 0 fully saturated rings. The summed E-state index contributed by atoms with van der Waals surface area (Å²) in [5, 5.41) is 26.3. The second-order valence-corrected chi connectivity index (χ2v) is 7.45. The summed E-state index contributed by atoms with van der Waals surface area (Å²) in [7, 11) is 0. The van der Waals surface area contributed by atoms with E-state index in [0.29, 0.717) is 47.1 Å². The third-order valence-corrected chi connectivity index (χ3v) is 4.84. The van der Waals surface area contributed by atoms with Crippen LogP contribution in [0, 0.1) is 11.3 Å². The van der Waals surface area contributed by atoms with Crippen LogP contribution in [-0.2, 0) is 16.1 Å². The fraction of sp³-hybridized carbons (Fsp3) is 0.261. The zero-order chi connectivity index (χ0) is 22.7. The van der Waals surface area contributed by atoms with Gasteiger partial charge in [0, 0.05) is 16.7 Å². The predicted octanol–water partition coefficient (Wildman–Crippen LogP) is 3.81. The van der Waals surface area contributed by atoms with Crippen molar-refractivity contribution in [2.45, 2.75) is 32.8 Å². The summed E-state index contributed by atoms with van der Waals surface area (Å²) in [6.07, 6.45) is 1.27. The molecule has 4 rings (SSSR count). The summed E-state index contributed by atoms with van der Waals surface area (Å²) in [5.41, 5.74) is 4.37. The molecule has 0 spiro atoms. The first-order chi connectivity index (χ1) is 15.5. The van der Waals surface area contributed by atoms with E-state index in [1.54, 1.807) is 18.2 Å². The van der Waals surface area contributed by atoms with Gasteiger partial charge in [-0.05, 0) is 50.5 Å². The van der Waals surface area contributed by atoms with Crippen LogP contribution < -0.4 is 4.74 Å². The molecule has 1 aromatic heterocycles. The van der Waals surface area contributed by atoms with Crippen molar-refractivity contribution in [3.8, 4) is 34.7 Å². The molecular weight excluding hydrogens is 412 g/mol. The van der Waals surface area contributed by atoms with Gasteiger partial charge >= 0.3 is 5.97 Å². The van der Waals surface area contributed by atoms with Crippen molar-refractivity contribution >= 4 is 11.7 Å². The van der Waals surface area contributed by atoms with Crippen molar-refractivity contribution in [3.63, 3.8) is 0 Å². The molecule has 0 saturated heterocycles. The van der Waals surface area contributed by atoms with Crippen LogP contribution in [-0.4, -0.2) is 39.6 Å². The van der Waals surface area contributed by atoms with E-state index >= 15 is 0 Å². The highest BCUT2D eigenvalue weighted by Gasteiger charge is 2.24. The third kappa shape index (κ3) is 4.30. The van der Waals surface area contributed by atoms with E-state index in [0.717, 1.165) is 16.7 Å². The monoisotopic (exact) mass is 432 g/mol. The highest BCUT2D eigenvalue weighted by molar-refractivity contribution is 6.05. The molecule has 0 radical (unpaired) electrons. The second kappa shape index (κ2) is 8.89. The number of fused-ring (bicyclic) bond motifs is 1. The van der Waals surface area contributed by atoms with Crippen molar-refractivity contribution in [2.24, 2.45) is 5.16 Å². The van der Waals surface area contributed by atoms with Gasteiger partial charge in [-0.25, -0.2) is 4.79 Å². The summed E-state index contributed by atoms with van der Waals surface area (Å²) in [6.45, 7) is 3.30. The lowest BCUT2D eigenvalue weighted by molar-refractivity contribution is -0.142. The highest BCUT2D eigenvalue weighted by atomic mass is 16.6. The molecule has 0 saturated carbocycles. The van der Waals surface area contributed by atoms with Gasteiger partial charge in [0.1, 0.15) is 11.8 Å². The predicted molar refractivity (Wildman–Crippen MR) is 114 cm³/mol. The number of benzene rings is 2. The Hall–Kier alpha value is -4.19. The molecule has 162 valence electrons. The van der Waals surface area contributed by atoms with Crippen molar-refractivity contribution in [2.75, 3.05) is 6.61 Å². The summed E-state index contributed by atoms with van der Waals surface area (Å²) in [6, 6.07) is 12.9. The van der Waals surface area contributed by atoms with Gasteiger partial charge in [-0.1, -0.05) is 28.5 Å². The molecule has 0 aliphatic heterocycles. The minimum atomic E-state index is -1.08. The zero-order valence-corrected chi connectivity index (χ0v) is 17.5. The molecule has 32 heavy (non-hydrogen) atoms. The van der Waals surface area contributed by atoms with Gasteiger partial charge in [0.25, 0.3) is 5.89 Å². The van der Waals surface area contributed by atoms with Gasteiger partial charge in [0.2, 0.25) is 12.4 Å². The fourth-order valence-corrected chi connectivity index (χ4v) is 3.53. The number of hydrogen-bond acceptors (Lipinski definition) is 8. The van der Waals surface area contributed by atoms with Crippen molar-refractivity contribution in [3.05, 3.63) is 53.1 Å². The Labute approximate surface area is 183 Å². The van der Waals surface area contributed by atoms with Crippen molar-refractivity contribution < 1.29 is 24.0 Å². The number of aliphatic carboxylic acids is 1. The SMILES string of the molecule is CC(C)Oc1ccc(-c2nc(-c3cccc4c3CC/C4=N/OCC(=O)O)no2)cc1C#N. The number of hydrogen-bond donors (Lipinski definition) is 1. The number of carbonyl (C=O) groups is 1. The number of carboxylic acids is 1. The molecule has 9 nitrogen and oxygen atoms in total. The maximum atomic E-state index is 10.6. The lowest BCUT2D eigenvalue weighted by Crippen LogP contribution is -2.06. The minimum Gasteiger partial charge on any atom is -0.490 e. The number of aromatic nitrogens is 2. The first kappa shape index (κ1) is 21.1. The van der Waals surface area contributed by atoms with Crippen molar-refractivity contribution in [1.29, 1.82) is 5.26 Å². The molecular formula is C23H20N4O5. The molecule has 2 aromatic carbocycles. The van der Waals surface area contributed by atoms with E-state index in [1.807, 2.05) is 32.0 Å². The van der Waals surface area contributed by atoms with Gasteiger partial charge in [-0.15, -0.1) is 0 Å². The first-order valence-corrected chi connectivity index (χ1v) is 10.0. The molecule has 0 unspecified atom stereocenters. The smallest absolute Gasteiger partial charge is 0.344 e. The Morgan fingerprint density at radius 3 is 2.84 bits per heavy atom. The molecule has 1 aliphatic rings. The van der Waals surface area contributed by atoms with E-state index in [4.69, 9.17) is 19.2 Å². The topological polar surface area (TPSA) is 131 Å². The normalized spacial score (nSPS) is 13.8. The number of rotatable bonds is 7. The molecule has 9 heteroatoms. The van der Waals surface area contributed by atoms with Crippen LogP contribution in [0.3, 0.4) is 0 Å². The van der Waals surface area contributed by atoms with Crippen LogP contribution >= 0.6 is 0 Å². The average molecular weight is 432 g/mol. The number of ether oxygens (including phenoxy) is 1. The van der Waals surface area contributed by atoms with Gasteiger partial charge < -0.3 is 19.2 Å². The van der Waals surface area contributed by atoms with E-state index in [-0.39, 0.29) is 6.10 Å². The summed E-state index contributed by atoms with van der Waals surface area (Å²) in [4.78, 5) is 20.1. The van der Waals surface area contributed by atoms with E-state index in [1.165, 1.54) is 0 Å². The Kier molecular flexibility index (Phi) is 5.85. The molecule has 0 amide bonds. The molecule has 0 atom stereocenters. The van der Waals surface area contributed by atoms with Crippen LogP contribution in [0.2, 0.25) is 0 Å². The van der Waals surface area contributed by atoms with Crippen LogP contribution in [0.5, 0.6) is 5.75 Å². The van der Waals surface area contributed by atoms with Crippen LogP contribution in [0.15, 0.2) is 46.1 Å². The summed E-state index contributed by atoms with van der Waals surface area (Å²) >= 11 is 0. The standard InChI is InChI=1S/C23H20N4O5/c1-13(2)31-20-9-6-14(10-15(20)11-24)23-25-22(27-32-23)18-5-3-4-17-16(18)7-8-19(17)26-30-12-21(28)29/h3-6,9-10,13H,7-8,12H2,1-2H3,(H,28,29)/b26-19-.